The minimum absolute atomic E-state index is 0.108. The van der Waals surface area contributed by atoms with Gasteiger partial charge in [-0.15, -0.1) is 10.2 Å². The molecular weight excluding hydrogens is 394 g/mol. The molecule has 160 valence electrons. The number of nitrogens with one attached hydrogen (secondary N) is 2. The first kappa shape index (κ1) is 21.5. The quantitative estimate of drug-likeness (QED) is 0.285. The molecular formula is C21H25N9O. The number of urea groups is 1. The average Bonchev–Trinajstić information content (AvgIpc) is 3.13. The normalized spacial score (nSPS) is 14.8. The summed E-state index contributed by atoms with van der Waals surface area (Å²) in [6.07, 6.45) is 1.63. The molecule has 2 aromatic carbocycles. The van der Waals surface area contributed by atoms with Gasteiger partial charge < -0.3 is 27.8 Å². The monoisotopic (exact) mass is 419 g/mol. The summed E-state index contributed by atoms with van der Waals surface area (Å²) in [5.74, 6) is 0.309. The summed E-state index contributed by atoms with van der Waals surface area (Å²) in [5, 5.41) is 21.3. The lowest BCUT2D eigenvalue weighted by Crippen LogP contribution is -2.22. The Balaban J connectivity index is 1.63. The molecule has 2 aromatic rings. The second kappa shape index (κ2) is 9.53. The molecule has 2 amide bonds. The van der Waals surface area contributed by atoms with Gasteiger partial charge >= 0.3 is 6.03 Å². The van der Waals surface area contributed by atoms with Gasteiger partial charge in [0.2, 0.25) is 5.96 Å². The van der Waals surface area contributed by atoms with E-state index in [0.717, 1.165) is 35.2 Å². The highest BCUT2D eigenvalue weighted by Crippen LogP contribution is 2.26. The van der Waals surface area contributed by atoms with Crippen LogP contribution in [0.3, 0.4) is 0 Å². The largest absolute Gasteiger partial charge is 0.386 e. The zero-order valence-corrected chi connectivity index (χ0v) is 17.4. The van der Waals surface area contributed by atoms with Crippen LogP contribution in [0, 0.1) is 0 Å². The van der Waals surface area contributed by atoms with Gasteiger partial charge in [0.1, 0.15) is 5.84 Å². The van der Waals surface area contributed by atoms with Crippen molar-refractivity contribution in [2.75, 3.05) is 10.6 Å². The number of rotatable bonds is 5. The minimum Gasteiger partial charge on any atom is -0.386 e. The van der Waals surface area contributed by atoms with Crippen LogP contribution in [0.2, 0.25) is 0 Å². The summed E-state index contributed by atoms with van der Waals surface area (Å²) >= 11 is 0. The number of carbonyl (C=O) groups excluding carboxylic acids is 1. The number of amidine groups is 1. The molecule has 0 radical (unpaired) electrons. The number of nitrogens with two attached hydrogens (primary N) is 3. The number of carbonyl (C=O) groups is 1. The third-order valence-electron chi connectivity index (χ3n) is 4.51. The highest BCUT2D eigenvalue weighted by Gasteiger charge is 2.18. The van der Waals surface area contributed by atoms with Crippen molar-refractivity contribution < 1.29 is 4.79 Å². The standard InChI is InChI=1S/C21H25N9O/c1-12(27-30-20(23)24)14-3-6-16(7-4-14)25-21(31)26-17-8-9-18-15(11-17)5-10-19(18)29-28-13(2)22/h3-4,6-9,11H,5,10H2,1-2H3,(H2,22,28)(H4,23,24,30)(H2,25,26,31)/b27-12+,29-19+. The molecule has 10 nitrogen and oxygen atoms in total. The molecule has 31 heavy (non-hydrogen) atoms. The Hall–Kier alpha value is -4.21. The first-order chi connectivity index (χ1) is 14.8. The second-order valence-corrected chi connectivity index (χ2v) is 7.03. The predicted molar refractivity (Wildman–Crippen MR) is 126 cm³/mol. The number of guanidine groups is 1. The number of fused-ring (bicyclic) bond motifs is 1. The Morgan fingerprint density at radius 3 is 2.23 bits per heavy atom. The van der Waals surface area contributed by atoms with Crippen LogP contribution < -0.4 is 27.8 Å². The molecule has 0 bridgehead atoms. The second-order valence-electron chi connectivity index (χ2n) is 7.03. The summed E-state index contributed by atoms with van der Waals surface area (Å²) in [5.41, 5.74) is 22.0. The zero-order chi connectivity index (χ0) is 22.4. The number of nitrogens with zero attached hydrogens (tertiary/aromatic N) is 4. The molecule has 0 fully saturated rings. The molecule has 0 saturated heterocycles. The first-order valence-electron chi connectivity index (χ1n) is 9.63. The van der Waals surface area contributed by atoms with Crippen molar-refractivity contribution in [3.63, 3.8) is 0 Å². The molecule has 0 spiro atoms. The van der Waals surface area contributed by atoms with E-state index in [1.165, 1.54) is 0 Å². The summed E-state index contributed by atoms with van der Waals surface area (Å²) in [6.45, 7) is 3.48. The molecule has 3 rings (SSSR count). The van der Waals surface area contributed by atoms with Crippen molar-refractivity contribution in [1.82, 2.24) is 0 Å². The van der Waals surface area contributed by atoms with E-state index < -0.39 is 0 Å². The molecule has 1 aliphatic rings. The van der Waals surface area contributed by atoms with E-state index in [-0.39, 0.29) is 12.0 Å². The Morgan fingerprint density at radius 1 is 0.871 bits per heavy atom. The lowest BCUT2D eigenvalue weighted by Gasteiger charge is -2.10. The van der Waals surface area contributed by atoms with Gasteiger partial charge in [0.25, 0.3) is 0 Å². The van der Waals surface area contributed by atoms with Gasteiger partial charge in [-0.25, -0.2) is 4.79 Å². The Labute approximate surface area is 180 Å². The van der Waals surface area contributed by atoms with Crippen LogP contribution in [0.25, 0.3) is 0 Å². The Bertz CT molecular complexity index is 1090. The number of amides is 2. The van der Waals surface area contributed by atoms with Gasteiger partial charge in [0.05, 0.1) is 11.4 Å². The van der Waals surface area contributed by atoms with Gasteiger partial charge in [0.15, 0.2) is 0 Å². The molecule has 0 heterocycles. The molecule has 8 N–H and O–H groups in total. The summed E-state index contributed by atoms with van der Waals surface area (Å²) in [7, 11) is 0. The number of aryl methyl sites for hydroxylation is 1. The highest BCUT2D eigenvalue weighted by atomic mass is 16.2. The smallest absolute Gasteiger partial charge is 0.323 e. The maximum Gasteiger partial charge on any atom is 0.323 e. The molecule has 1 aliphatic carbocycles. The molecule has 10 heteroatoms. The van der Waals surface area contributed by atoms with Crippen LogP contribution in [-0.4, -0.2) is 29.2 Å². The van der Waals surface area contributed by atoms with E-state index in [1.807, 2.05) is 30.3 Å². The van der Waals surface area contributed by atoms with E-state index in [4.69, 9.17) is 17.2 Å². The minimum atomic E-state index is -0.339. The lowest BCUT2D eigenvalue weighted by atomic mass is 10.1. The number of hydrogen-bond donors (Lipinski definition) is 5. The van der Waals surface area contributed by atoms with Crippen LogP contribution in [-0.2, 0) is 6.42 Å². The molecule has 0 aromatic heterocycles. The predicted octanol–water partition coefficient (Wildman–Crippen LogP) is 2.36. The van der Waals surface area contributed by atoms with Crippen molar-refractivity contribution in [1.29, 1.82) is 0 Å². The molecule has 0 saturated carbocycles. The van der Waals surface area contributed by atoms with E-state index in [1.54, 1.807) is 26.0 Å². The fourth-order valence-corrected chi connectivity index (χ4v) is 3.07. The molecule has 0 aliphatic heterocycles. The van der Waals surface area contributed by atoms with Gasteiger partial charge in [-0.1, -0.05) is 18.2 Å². The van der Waals surface area contributed by atoms with Gasteiger partial charge in [0, 0.05) is 16.9 Å². The van der Waals surface area contributed by atoms with E-state index >= 15 is 0 Å². The van der Waals surface area contributed by atoms with E-state index in [0.29, 0.717) is 22.9 Å². The molecule has 0 unspecified atom stereocenters. The fourth-order valence-electron chi connectivity index (χ4n) is 3.07. The van der Waals surface area contributed by atoms with Gasteiger partial charge in [-0.05, 0) is 62.1 Å². The first-order valence-corrected chi connectivity index (χ1v) is 9.63. The van der Waals surface area contributed by atoms with Crippen LogP contribution in [0.1, 0.15) is 37.0 Å². The Morgan fingerprint density at radius 2 is 1.55 bits per heavy atom. The molecule has 0 atom stereocenters. The van der Waals surface area contributed by atoms with Gasteiger partial charge in [-0.3, -0.25) is 0 Å². The SMILES string of the molecule is C/C(N)=N\N=C1/CCc2cc(NC(=O)Nc3ccc(/C(C)=N/N=C(N)N)cc3)ccc21. The topological polar surface area (TPSA) is 169 Å². The number of hydrogen-bond acceptors (Lipinski definition) is 5. The van der Waals surface area contributed by atoms with Crippen molar-refractivity contribution in [2.45, 2.75) is 26.7 Å². The summed E-state index contributed by atoms with van der Waals surface area (Å²) in [6, 6.07) is 12.6. The maximum absolute atomic E-state index is 12.4. The lowest BCUT2D eigenvalue weighted by molar-refractivity contribution is 0.262. The van der Waals surface area contributed by atoms with Crippen molar-refractivity contribution >= 4 is 40.6 Å². The zero-order valence-electron chi connectivity index (χ0n) is 17.4. The third-order valence-corrected chi connectivity index (χ3v) is 4.51. The van der Waals surface area contributed by atoms with Crippen LogP contribution >= 0.6 is 0 Å². The van der Waals surface area contributed by atoms with Crippen LogP contribution in [0.4, 0.5) is 16.2 Å². The maximum atomic E-state index is 12.4. The summed E-state index contributed by atoms with van der Waals surface area (Å²) in [4.78, 5) is 12.4. The van der Waals surface area contributed by atoms with Gasteiger partial charge in [-0.2, -0.15) is 10.2 Å². The van der Waals surface area contributed by atoms with E-state index in [2.05, 4.69) is 31.0 Å². The van der Waals surface area contributed by atoms with E-state index in [9.17, 15) is 4.79 Å². The highest BCUT2D eigenvalue weighted by molar-refractivity contribution is 6.06. The van der Waals surface area contributed by atoms with Crippen molar-refractivity contribution in [2.24, 2.45) is 37.6 Å². The Kier molecular flexibility index (Phi) is 6.61. The number of benzene rings is 2. The van der Waals surface area contributed by atoms with Crippen molar-refractivity contribution in [3.05, 3.63) is 59.2 Å². The van der Waals surface area contributed by atoms with Crippen molar-refractivity contribution in [3.8, 4) is 0 Å². The fraction of sp³-hybridized carbons (Fsp3) is 0.190. The third kappa shape index (κ3) is 5.89. The average molecular weight is 419 g/mol. The van der Waals surface area contributed by atoms with Crippen LogP contribution in [0.5, 0.6) is 0 Å². The summed E-state index contributed by atoms with van der Waals surface area (Å²) < 4.78 is 0. The van der Waals surface area contributed by atoms with Crippen LogP contribution in [0.15, 0.2) is 62.9 Å². The number of anilines is 2.